The SMILES string of the molecule is CCCC1=C([C@H](O)CC/C(=C/c2cccc(O)c2)CC)[C@H](CO)[C@@H]2C(=O)N(C(=O)OC)C(=O)[C@@H]2C1. The molecular weight excluding hydrogens is 450 g/mol. The highest BCUT2D eigenvalue weighted by Gasteiger charge is 2.57. The summed E-state index contributed by atoms with van der Waals surface area (Å²) in [6.45, 7) is 3.61. The normalized spacial score (nSPS) is 23.5. The summed E-state index contributed by atoms with van der Waals surface area (Å²) < 4.78 is 4.63. The molecule has 8 nitrogen and oxygen atoms in total. The van der Waals surface area contributed by atoms with Crippen molar-refractivity contribution < 1.29 is 34.4 Å². The van der Waals surface area contributed by atoms with Crippen LogP contribution in [-0.2, 0) is 14.3 Å². The zero-order valence-electron chi connectivity index (χ0n) is 20.6. The molecule has 3 N–H and O–H groups in total. The molecule has 0 saturated carbocycles. The van der Waals surface area contributed by atoms with Gasteiger partial charge in [0.1, 0.15) is 5.75 Å². The highest BCUT2D eigenvalue weighted by Crippen LogP contribution is 2.47. The Bertz CT molecular complexity index is 1030. The Morgan fingerprint density at radius 1 is 1.26 bits per heavy atom. The molecule has 1 aromatic carbocycles. The van der Waals surface area contributed by atoms with Crippen LogP contribution in [0.5, 0.6) is 5.75 Å². The highest BCUT2D eigenvalue weighted by molar-refractivity contribution is 6.15. The van der Waals surface area contributed by atoms with Crippen molar-refractivity contribution in [2.24, 2.45) is 17.8 Å². The lowest BCUT2D eigenvalue weighted by Crippen LogP contribution is -2.40. The molecule has 8 heteroatoms. The van der Waals surface area contributed by atoms with Gasteiger partial charge < -0.3 is 20.1 Å². The Hall–Kier alpha value is -2.97. The number of fused-ring (bicyclic) bond motifs is 1. The molecule has 1 aliphatic heterocycles. The number of carbonyl (C=O) groups is 3. The smallest absolute Gasteiger partial charge is 0.423 e. The third-order valence-electron chi connectivity index (χ3n) is 7.08. The standard InChI is InChI=1S/C27H35NO7/c1-4-7-18-14-20-24(26(33)28(25(20)32)27(34)35-3)21(15-29)23(18)22(31)11-10-16(5-2)12-17-8-6-9-19(30)13-17/h6,8-9,12-13,20-22,24,29-31H,4-5,7,10-11,14-15H2,1-3H3/b16-12+/t20-,21+,22-,24-/m1/s1. The summed E-state index contributed by atoms with van der Waals surface area (Å²) >= 11 is 0. The van der Waals surface area contributed by atoms with E-state index in [0.29, 0.717) is 29.7 Å². The van der Waals surface area contributed by atoms with Crippen LogP contribution in [-0.4, -0.2) is 57.9 Å². The fourth-order valence-corrected chi connectivity index (χ4v) is 5.45. The Kier molecular flexibility index (Phi) is 8.86. The summed E-state index contributed by atoms with van der Waals surface area (Å²) in [7, 11) is 1.11. The number of allylic oxidation sites excluding steroid dienone is 2. The third kappa shape index (κ3) is 5.49. The largest absolute Gasteiger partial charge is 0.508 e. The molecule has 1 aromatic rings. The van der Waals surface area contributed by atoms with Gasteiger partial charge in [-0.05, 0) is 55.4 Å². The maximum Gasteiger partial charge on any atom is 0.423 e. The van der Waals surface area contributed by atoms with Crippen LogP contribution in [0.3, 0.4) is 0 Å². The molecule has 0 spiro atoms. The van der Waals surface area contributed by atoms with Crippen LogP contribution >= 0.6 is 0 Å². The van der Waals surface area contributed by atoms with Gasteiger partial charge in [0.25, 0.3) is 0 Å². The number of amides is 3. The minimum absolute atomic E-state index is 0.183. The summed E-state index contributed by atoms with van der Waals surface area (Å²) in [6, 6.07) is 6.95. The van der Waals surface area contributed by atoms with Crippen LogP contribution in [0.4, 0.5) is 4.79 Å². The van der Waals surface area contributed by atoms with E-state index in [1.54, 1.807) is 18.2 Å². The van der Waals surface area contributed by atoms with Gasteiger partial charge >= 0.3 is 6.09 Å². The van der Waals surface area contributed by atoms with E-state index in [-0.39, 0.29) is 12.2 Å². The quantitative estimate of drug-likeness (QED) is 0.359. The van der Waals surface area contributed by atoms with Crippen LogP contribution in [0.25, 0.3) is 6.08 Å². The summed E-state index contributed by atoms with van der Waals surface area (Å²) in [4.78, 5) is 38.6. The van der Waals surface area contributed by atoms with Gasteiger partial charge in [-0.3, -0.25) is 9.59 Å². The number of hydrogen-bond donors (Lipinski definition) is 3. The van der Waals surface area contributed by atoms with E-state index in [1.807, 2.05) is 26.0 Å². The monoisotopic (exact) mass is 485 g/mol. The first-order valence-corrected chi connectivity index (χ1v) is 12.2. The number of carbonyl (C=O) groups excluding carboxylic acids is 3. The third-order valence-corrected chi connectivity index (χ3v) is 7.08. The number of aliphatic hydroxyl groups excluding tert-OH is 2. The molecule has 190 valence electrons. The fraction of sp³-hybridized carbons (Fsp3) is 0.519. The molecule has 1 aliphatic carbocycles. The molecule has 0 bridgehead atoms. The Morgan fingerprint density at radius 2 is 2.00 bits per heavy atom. The van der Waals surface area contributed by atoms with Crippen LogP contribution < -0.4 is 0 Å². The van der Waals surface area contributed by atoms with Crippen LogP contribution in [0.15, 0.2) is 41.0 Å². The molecule has 0 unspecified atom stereocenters. The van der Waals surface area contributed by atoms with Crippen LogP contribution in [0.1, 0.15) is 57.9 Å². The number of methoxy groups -OCH3 is 1. The molecule has 4 atom stereocenters. The predicted octanol–water partition coefficient (Wildman–Crippen LogP) is 3.80. The van der Waals surface area contributed by atoms with E-state index >= 15 is 0 Å². The molecule has 3 rings (SSSR count). The summed E-state index contributed by atoms with van der Waals surface area (Å²) in [6.07, 6.45) is 3.49. The molecule has 2 aliphatic rings. The van der Waals surface area contributed by atoms with Gasteiger partial charge in [0.05, 0.1) is 31.7 Å². The van der Waals surface area contributed by atoms with Crippen molar-refractivity contribution in [1.82, 2.24) is 4.90 Å². The summed E-state index contributed by atoms with van der Waals surface area (Å²) in [5.41, 5.74) is 3.46. The predicted molar refractivity (Wildman–Crippen MR) is 130 cm³/mol. The maximum atomic E-state index is 13.1. The van der Waals surface area contributed by atoms with E-state index in [9.17, 15) is 29.7 Å². The number of likely N-dealkylation sites (tertiary alicyclic amines) is 1. The number of aromatic hydroxyl groups is 1. The lowest BCUT2D eigenvalue weighted by molar-refractivity contribution is -0.137. The van der Waals surface area contributed by atoms with E-state index in [2.05, 4.69) is 4.74 Å². The van der Waals surface area contributed by atoms with E-state index in [1.165, 1.54) is 0 Å². The van der Waals surface area contributed by atoms with Crippen molar-refractivity contribution in [3.8, 4) is 5.75 Å². The average molecular weight is 486 g/mol. The second-order valence-corrected chi connectivity index (χ2v) is 9.22. The number of imide groups is 3. The number of benzene rings is 1. The molecule has 35 heavy (non-hydrogen) atoms. The molecule has 1 fully saturated rings. The topological polar surface area (TPSA) is 124 Å². The highest BCUT2D eigenvalue weighted by atomic mass is 16.5. The van der Waals surface area contributed by atoms with Gasteiger partial charge in [-0.15, -0.1) is 0 Å². The number of ether oxygens (including phenoxy) is 1. The van der Waals surface area contributed by atoms with Gasteiger partial charge in [-0.2, -0.15) is 4.90 Å². The lowest BCUT2D eigenvalue weighted by atomic mass is 9.67. The van der Waals surface area contributed by atoms with E-state index < -0.39 is 48.4 Å². The van der Waals surface area contributed by atoms with Gasteiger partial charge in [-0.25, -0.2) is 4.79 Å². The zero-order valence-corrected chi connectivity index (χ0v) is 20.6. The van der Waals surface area contributed by atoms with Crippen LogP contribution in [0, 0.1) is 17.8 Å². The van der Waals surface area contributed by atoms with Crippen molar-refractivity contribution in [3.05, 3.63) is 46.5 Å². The Morgan fingerprint density at radius 3 is 2.60 bits per heavy atom. The molecule has 1 saturated heterocycles. The minimum Gasteiger partial charge on any atom is -0.508 e. The second-order valence-electron chi connectivity index (χ2n) is 9.22. The van der Waals surface area contributed by atoms with Gasteiger partial charge in [0.15, 0.2) is 0 Å². The molecule has 0 aromatic heterocycles. The molecule has 1 heterocycles. The number of phenols is 1. The van der Waals surface area contributed by atoms with Crippen molar-refractivity contribution >= 4 is 24.0 Å². The van der Waals surface area contributed by atoms with Crippen molar-refractivity contribution in [2.75, 3.05) is 13.7 Å². The lowest BCUT2D eigenvalue weighted by Gasteiger charge is -2.36. The first kappa shape index (κ1) is 26.6. The molecule has 0 radical (unpaired) electrons. The summed E-state index contributed by atoms with van der Waals surface area (Å²) in [5.74, 6) is -3.48. The first-order chi connectivity index (χ1) is 16.8. The van der Waals surface area contributed by atoms with E-state index in [0.717, 1.165) is 36.7 Å². The van der Waals surface area contributed by atoms with Gasteiger partial charge in [0, 0.05) is 5.92 Å². The second kappa shape index (κ2) is 11.6. The van der Waals surface area contributed by atoms with Crippen molar-refractivity contribution in [1.29, 1.82) is 0 Å². The fourth-order valence-electron chi connectivity index (χ4n) is 5.45. The Balaban J connectivity index is 1.87. The van der Waals surface area contributed by atoms with Crippen molar-refractivity contribution in [3.63, 3.8) is 0 Å². The van der Waals surface area contributed by atoms with Gasteiger partial charge in [-0.1, -0.05) is 49.6 Å². The first-order valence-electron chi connectivity index (χ1n) is 12.2. The zero-order chi connectivity index (χ0) is 25.7. The van der Waals surface area contributed by atoms with Gasteiger partial charge in [0.2, 0.25) is 11.8 Å². The number of phenolic OH excluding ortho intramolecular Hbond substituents is 1. The number of nitrogens with zero attached hydrogens (tertiary/aromatic N) is 1. The number of hydrogen-bond acceptors (Lipinski definition) is 7. The maximum absolute atomic E-state index is 13.1. The Labute approximate surface area is 205 Å². The summed E-state index contributed by atoms with van der Waals surface area (Å²) in [5, 5.41) is 31.3. The molecule has 3 amide bonds. The van der Waals surface area contributed by atoms with Crippen molar-refractivity contribution in [2.45, 2.75) is 58.5 Å². The number of rotatable bonds is 9. The van der Waals surface area contributed by atoms with E-state index in [4.69, 9.17) is 0 Å². The number of aliphatic hydroxyl groups is 2. The molecular formula is C27H35NO7. The minimum atomic E-state index is -1.02. The average Bonchev–Trinajstić information content (AvgIpc) is 3.09. The van der Waals surface area contributed by atoms with Crippen LogP contribution in [0.2, 0.25) is 0 Å².